The zero-order valence-electron chi connectivity index (χ0n) is 14.7. The summed E-state index contributed by atoms with van der Waals surface area (Å²) in [4.78, 5) is 8.94. The molecule has 0 fully saturated rings. The molecule has 8 heteroatoms. The monoisotopic (exact) mass is 417 g/mol. The molecule has 5 nitrogen and oxygen atoms in total. The first-order valence-electron chi connectivity index (χ1n) is 8.20. The number of sulfonamides is 1. The van der Waals surface area contributed by atoms with Gasteiger partial charge in [-0.05, 0) is 30.7 Å². The fraction of sp³-hybridized carbons (Fsp3) is 0.158. The maximum atomic E-state index is 12.8. The van der Waals surface area contributed by atoms with Crippen molar-refractivity contribution in [2.75, 3.05) is 11.4 Å². The van der Waals surface area contributed by atoms with Crippen LogP contribution in [0.25, 0.3) is 11.3 Å². The Hall–Kier alpha value is -2.09. The molecule has 0 bridgehead atoms. The lowest BCUT2D eigenvalue weighted by molar-refractivity contribution is 0.592. The summed E-state index contributed by atoms with van der Waals surface area (Å²) in [5.74, 6) is 0.709. The third kappa shape index (κ3) is 3.31. The molecule has 2 heterocycles. The number of fused-ring (bicyclic) bond motifs is 3. The average molecular weight is 418 g/mol. The number of halogens is 1. The van der Waals surface area contributed by atoms with Gasteiger partial charge in [0.25, 0.3) is 10.0 Å². The number of hydrogen-bond donors (Lipinski definition) is 0. The molecule has 0 saturated carbocycles. The molecule has 1 aliphatic heterocycles. The molecule has 0 unspecified atom stereocenters. The second-order valence-electron chi connectivity index (χ2n) is 6.28. The van der Waals surface area contributed by atoms with Crippen molar-refractivity contribution < 1.29 is 8.42 Å². The Kier molecular flexibility index (Phi) is 4.61. The first kappa shape index (κ1) is 18.3. The molecular formula is C19H16ClN3O2S2. The molecule has 3 aromatic rings. The van der Waals surface area contributed by atoms with E-state index in [9.17, 15) is 8.42 Å². The highest BCUT2D eigenvalue weighted by atomic mass is 35.5. The molecule has 27 heavy (non-hydrogen) atoms. The van der Waals surface area contributed by atoms with E-state index in [2.05, 4.69) is 22.1 Å². The number of hydrogen-bond acceptors (Lipinski definition) is 5. The summed E-state index contributed by atoms with van der Waals surface area (Å²) in [5.41, 5.74) is 4.02. The van der Waals surface area contributed by atoms with Gasteiger partial charge in [-0.3, -0.25) is 4.31 Å². The minimum absolute atomic E-state index is 0.111. The van der Waals surface area contributed by atoms with Gasteiger partial charge >= 0.3 is 0 Å². The fourth-order valence-corrected chi connectivity index (χ4v) is 5.21. The Bertz CT molecular complexity index is 1150. The molecule has 0 amide bonds. The van der Waals surface area contributed by atoms with Crippen LogP contribution in [-0.2, 0) is 15.8 Å². The van der Waals surface area contributed by atoms with Crippen molar-refractivity contribution in [1.29, 1.82) is 0 Å². The van der Waals surface area contributed by atoms with Crippen LogP contribution in [0.4, 0.5) is 5.69 Å². The summed E-state index contributed by atoms with van der Waals surface area (Å²) in [5, 5.41) is 1.01. The molecule has 0 aliphatic carbocycles. The van der Waals surface area contributed by atoms with Crippen LogP contribution in [0.1, 0.15) is 11.1 Å². The molecule has 4 rings (SSSR count). The second-order valence-corrected chi connectivity index (χ2v) is 9.59. The van der Waals surface area contributed by atoms with Crippen LogP contribution < -0.4 is 4.31 Å². The van der Waals surface area contributed by atoms with E-state index < -0.39 is 10.0 Å². The Labute approximate surface area is 167 Å². The molecule has 0 radical (unpaired) electrons. The molecule has 0 atom stereocenters. The van der Waals surface area contributed by atoms with E-state index in [1.807, 2.05) is 19.1 Å². The van der Waals surface area contributed by atoms with Crippen molar-refractivity contribution in [3.05, 3.63) is 64.8 Å². The molecule has 0 N–H and O–H groups in total. The Morgan fingerprint density at radius 2 is 2.00 bits per heavy atom. The zero-order chi connectivity index (χ0) is 19.2. The lowest BCUT2D eigenvalue weighted by Crippen LogP contribution is -2.31. The minimum Gasteiger partial charge on any atom is -0.269 e. The van der Waals surface area contributed by atoms with Crippen LogP contribution in [-0.4, -0.2) is 25.4 Å². The Morgan fingerprint density at radius 1 is 1.19 bits per heavy atom. The van der Waals surface area contributed by atoms with Crippen LogP contribution in [0.3, 0.4) is 0 Å². The third-order valence-electron chi connectivity index (χ3n) is 4.38. The number of rotatable bonds is 3. The van der Waals surface area contributed by atoms with Gasteiger partial charge in [0.1, 0.15) is 4.90 Å². The Balaban J connectivity index is 1.74. The van der Waals surface area contributed by atoms with Crippen molar-refractivity contribution in [2.45, 2.75) is 22.7 Å². The first-order valence-corrected chi connectivity index (χ1v) is 11.0. The first-order chi connectivity index (χ1) is 12.9. The number of aromatic nitrogens is 2. The van der Waals surface area contributed by atoms with Crippen LogP contribution in [0.5, 0.6) is 0 Å². The van der Waals surface area contributed by atoms with Gasteiger partial charge in [0.05, 0.1) is 17.6 Å². The topological polar surface area (TPSA) is 63.2 Å². The van der Waals surface area contributed by atoms with Gasteiger partial charge in [-0.1, -0.05) is 53.2 Å². The number of benzene rings is 2. The van der Waals surface area contributed by atoms with Crippen LogP contribution >= 0.6 is 23.4 Å². The van der Waals surface area contributed by atoms with Gasteiger partial charge in [-0.2, -0.15) is 0 Å². The lowest BCUT2D eigenvalue weighted by Gasteiger charge is -2.28. The fourth-order valence-electron chi connectivity index (χ4n) is 3.00. The predicted octanol–water partition coefficient (Wildman–Crippen LogP) is 4.54. The molecular weight excluding hydrogens is 402 g/mol. The van der Waals surface area contributed by atoms with E-state index in [4.69, 9.17) is 11.6 Å². The van der Waals surface area contributed by atoms with Crippen molar-refractivity contribution in [3.8, 4) is 11.3 Å². The van der Waals surface area contributed by atoms with E-state index in [1.165, 1.54) is 40.4 Å². The summed E-state index contributed by atoms with van der Waals surface area (Å²) < 4.78 is 26.8. The van der Waals surface area contributed by atoms with Crippen LogP contribution in [0.2, 0.25) is 5.02 Å². The standard InChI is InChI=1S/C19H16ClN3O2S2/c1-12-4-3-5-13(8-12)11-26-19-21-10-17-18(22-19)15-7-6-14(20)9-16(15)23(2)27(17,24)25/h3-10H,11H2,1-2H3. The number of thioether (sulfide) groups is 1. The molecule has 138 valence electrons. The van der Waals surface area contributed by atoms with Gasteiger partial charge in [-0.15, -0.1) is 0 Å². The number of nitrogens with zero attached hydrogens (tertiary/aromatic N) is 3. The SMILES string of the molecule is Cc1cccc(CSc2ncc3c(n2)-c2ccc(Cl)cc2N(C)S3(=O)=O)c1. The van der Waals surface area contributed by atoms with E-state index in [-0.39, 0.29) is 4.90 Å². The van der Waals surface area contributed by atoms with E-state index in [0.29, 0.717) is 27.3 Å². The zero-order valence-corrected chi connectivity index (χ0v) is 17.1. The Morgan fingerprint density at radius 3 is 2.78 bits per heavy atom. The van der Waals surface area contributed by atoms with Crippen molar-refractivity contribution in [3.63, 3.8) is 0 Å². The summed E-state index contributed by atoms with van der Waals surface area (Å²) in [6, 6.07) is 13.4. The predicted molar refractivity (Wildman–Crippen MR) is 109 cm³/mol. The average Bonchev–Trinajstić information content (AvgIpc) is 2.64. The number of aryl methyl sites for hydroxylation is 1. The summed E-state index contributed by atoms with van der Waals surface area (Å²) >= 11 is 7.54. The highest BCUT2D eigenvalue weighted by Crippen LogP contribution is 2.42. The summed E-state index contributed by atoms with van der Waals surface area (Å²) in [6.45, 7) is 2.05. The van der Waals surface area contributed by atoms with E-state index >= 15 is 0 Å². The van der Waals surface area contributed by atoms with Crippen LogP contribution in [0.15, 0.2) is 58.7 Å². The van der Waals surface area contributed by atoms with E-state index in [1.54, 1.807) is 18.2 Å². The highest BCUT2D eigenvalue weighted by Gasteiger charge is 2.34. The quantitative estimate of drug-likeness (QED) is 0.462. The largest absolute Gasteiger partial charge is 0.269 e. The molecule has 1 aliphatic rings. The van der Waals surface area contributed by atoms with Gasteiger partial charge in [0, 0.05) is 23.4 Å². The second kappa shape index (κ2) is 6.82. The van der Waals surface area contributed by atoms with Gasteiger partial charge < -0.3 is 0 Å². The van der Waals surface area contributed by atoms with Gasteiger partial charge in [-0.25, -0.2) is 18.4 Å². The summed E-state index contributed by atoms with van der Waals surface area (Å²) in [6.07, 6.45) is 1.39. The maximum absolute atomic E-state index is 12.8. The minimum atomic E-state index is -3.70. The highest BCUT2D eigenvalue weighted by molar-refractivity contribution is 7.98. The molecule has 2 aromatic carbocycles. The van der Waals surface area contributed by atoms with E-state index in [0.717, 1.165) is 5.56 Å². The normalized spacial score (nSPS) is 14.6. The maximum Gasteiger partial charge on any atom is 0.267 e. The molecule has 0 spiro atoms. The van der Waals surface area contributed by atoms with Crippen molar-refractivity contribution in [1.82, 2.24) is 9.97 Å². The lowest BCUT2D eigenvalue weighted by atomic mass is 10.1. The van der Waals surface area contributed by atoms with Crippen molar-refractivity contribution in [2.24, 2.45) is 0 Å². The smallest absolute Gasteiger partial charge is 0.267 e. The van der Waals surface area contributed by atoms with Crippen LogP contribution in [0, 0.1) is 6.92 Å². The van der Waals surface area contributed by atoms with Gasteiger partial charge in [0.2, 0.25) is 0 Å². The van der Waals surface area contributed by atoms with Crippen molar-refractivity contribution >= 4 is 39.1 Å². The molecule has 0 saturated heterocycles. The molecule has 1 aromatic heterocycles. The van der Waals surface area contributed by atoms with Gasteiger partial charge in [0.15, 0.2) is 5.16 Å². The third-order valence-corrected chi connectivity index (χ3v) is 7.32. The number of anilines is 1. The summed E-state index contributed by atoms with van der Waals surface area (Å²) in [7, 11) is -2.19.